The van der Waals surface area contributed by atoms with Gasteiger partial charge in [0.15, 0.2) is 0 Å². The van der Waals surface area contributed by atoms with Crippen molar-refractivity contribution in [1.29, 1.82) is 0 Å². The first kappa shape index (κ1) is 7.26. The number of aldehydes is 1. The fourth-order valence-electron chi connectivity index (χ4n) is 1.34. The Morgan fingerprint density at radius 3 is 2.50 bits per heavy atom. The fourth-order valence-corrected chi connectivity index (χ4v) is 1.34. The van der Waals surface area contributed by atoms with Crippen LogP contribution in [-0.2, 0) is 4.79 Å². The van der Waals surface area contributed by atoms with E-state index in [9.17, 15) is 4.79 Å². The third kappa shape index (κ3) is 1.04. The van der Waals surface area contributed by atoms with Crippen LogP contribution in [0.1, 0.15) is 26.7 Å². The van der Waals surface area contributed by atoms with Crippen LogP contribution in [0.5, 0.6) is 0 Å². The molecule has 0 atom stereocenters. The Bertz CT molecular complexity index is 209. The predicted molar refractivity (Wildman–Crippen MR) is 41.8 cm³/mol. The summed E-state index contributed by atoms with van der Waals surface area (Å²) < 4.78 is 0. The van der Waals surface area contributed by atoms with Crippen LogP contribution in [0.3, 0.4) is 0 Å². The molecular formula is C9H12O. The van der Waals surface area contributed by atoms with Gasteiger partial charge in [-0.3, -0.25) is 4.79 Å². The molecule has 0 fully saturated rings. The molecule has 1 rings (SSSR count). The van der Waals surface area contributed by atoms with Crippen molar-refractivity contribution in [2.24, 2.45) is 0 Å². The highest BCUT2D eigenvalue weighted by molar-refractivity contribution is 5.82. The number of carbonyl (C=O) groups excluding carboxylic acids is 1. The number of allylic oxidation sites excluding steroid dienone is 4. The number of rotatable bonds is 1. The molecule has 0 amide bonds. The molecule has 0 radical (unpaired) electrons. The Morgan fingerprint density at radius 1 is 1.40 bits per heavy atom. The van der Waals surface area contributed by atoms with Gasteiger partial charge < -0.3 is 0 Å². The highest BCUT2D eigenvalue weighted by Crippen LogP contribution is 2.28. The van der Waals surface area contributed by atoms with Crippen molar-refractivity contribution in [2.45, 2.75) is 26.7 Å². The van der Waals surface area contributed by atoms with Crippen LogP contribution in [0.25, 0.3) is 0 Å². The van der Waals surface area contributed by atoms with Gasteiger partial charge in [0.2, 0.25) is 0 Å². The van der Waals surface area contributed by atoms with Crippen molar-refractivity contribution < 1.29 is 4.79 Å². The van der Waals surface area contributed by atoms with Gasteiger partial charge in [0.25, 0.3) is 0 Å². The van der Waals surface area contributed by atoms with E-state index < -0.39 is 0 Å². The van der Waals surface area contributed by atoms with Crippen LogP contribution in [0.4, 0.5) is 0 Å². The SMILES string of the molecule is C/C=C1\CCC(C)=C1C=O. The third-order valence-corrected chi connectivity index (χ3v) is 2.04. The number of hydrogen-bond donors (Lipinski definition) is 0. The van der Waals surface area contributed by atoms with E-state index in [4.69, 9.17) is 0 Å². The highest BCUT2D eigenvalue weighted by Gasteiger charge is 2.14. The quantitative estimate of drug-likeness (QED) is 0.505. The summed E-state index contributed by atoms with van der Waals surface area (Å²) >= 11 is 0. The van der Waals surface area contributed by atoms with Crippen molar-refractivity contribution in [3.05, 3.63) is 22.8 Å². The molecule has 0 unspecified atom stereocenters. The average molecular weight is 136 g/mol. The molecule has 0 aromatic rings. The number of carbonyl (C=O) groups is 1. The molecular weight excluding hydrogens is 124 g/mol. The normalized spacial score (nSPS) is 22.4. The summed E-state index contributed by atoms with van der Waals surface area (Å²) in [5.74, 6) is 0. The van der Waals surface area contributed by atoms with Gasteiger partial charge in [-0.1, -0.05) is 11.6 Å². The zero-order valence-electron chi connectivity index (χ0n) is 6.48. The Morgan fingerprint density at radius 2 is 2.10 bits per heavy atom. The predicted octanol–water partition coefficient (Wildman–Crippen LogP) is 2.24. The van der Waals surface area contributed by atoms with Crippen LogP contribution >= 0.6 is 0 Å². The standard InChI is InChI=1S/C9H12O/c1-3-8-5-4-7(2)9(8)6-10/h3,6H,4-5H2,1-2H3/b8-3+. The molecule has 10 heavy (non-hydrogen) atoms. The van der Waals surface area contributed by atoms with Gasteiger partial charge in [0.1, 0.15) is 6.29 Å². The zero-order valence-corrected chi connectivity index (χ0v) is 6.48. The van der Waals surface area contributed by atoms with Gasteiger partial charge in [0.05, 0.1) is 0 Å². The number of hydrogen-bond acceptors (Lipinski definition) is 1. The Hall–Kier alpha value is -0.850. The molecule has 0 heterocycles. The largest absolute Gasteiger partial charge is 0.298 e. The van der Waals surface area contributed by atoms with Crippen LogP contribution in [0, 0.1) is 0 Å². The molecule has 0 aromatic carbocycles. The monoisotopic (exact) mass is 136 g/mol. The minimum absolute atomic E-state index is 0.933. The topological polar surface area (TPSA) is 17.1 Å². The molecule has 1 heteroatoms. The van der Waals surface area contributed by atoms with E-state index in [1.54, 1.807) is 0 Å². The molecule has 0 aliphatic heterocycles. The first-order valence-electron chi connectivity index (χ1n) is 3.60. The lowest BCUT2D eigenvalue weighted by molar-refractivity contribution is -0.104. The van der Waals surface area contributed by atoms with Gasteiger partial charge in [-0.2, -0.15) is 0 Å². The second-order valence-corrected chi connectivity index (χ2v) is 2.63. The summed E-state index contributed by atoms with van der Waals surface area (Å²) in [4.78, 5) is 10.5. The highest BCUT2D eigenvalue weighted by atomic mass is 16.1. The molecule has 1 aliphatic carbocycles. The van der Waals surface area contributed by atoms with Gasteiger partial charge in [-0.25, -0.2) is 0 Å². The fraction of sp³-hybridized carbons (Fsp3) is 0.444. The lowest BCUT2D eigenvalue weighted by atomic mass is 10.1. The lowest BCUT2D eigenvalue weighted by Gasteiger charge is -1.93. The molecule has 0 saturated heterocycles. The molecule has 0 spiro atoms. The molecule has 1 aliphatic rings. The minimum Gasteiger partial charge on any atom is -0.298 e. The zero-order chi connectivity index (χ0) is 7.56. The van der Waals surface area contributed by atoms with E-state index in [0.717, 1.165) is 24.7 Å². The van der Waals surface area contributed by atoms with Crippen LogP contribution in [-0.4, -0.2) is 6.29 Å². The van der Waals surface area contributed by atoms with Gasteiger partial charge >= 0.3 is 0 Å². The summed E-state index contributed by atoms with van der Waals surface area (Å²) in [5, 5.41) is 0. The van der Waals surface area contributed by atoms with Crippen molar-refractivity contribution in [3.8, 4) is 0 Å². The Balaban J connectivity index is 2.97. The molecule has 0 bridgehead atoms. The van der Waals surface area contributed by atoms with Crippen molar-refractivity contribution in [2.75, 3.05) is 0 Å². The maximum Gasteiger partial charge on any atom is 0.150 e. The molecule has 0 N–H and O–H groups in total. The molecule has 0 saturated carbocycles. The maximum atomic E-state index is 10.5. The van der Waals surface area contributed by atoms with Crippen LogP contribution in [0.15, 0.2) is 22.8 Å². The smallest absolute Gasteiger partial charge is 0.150 e. The molecule has 1 nitrogen and oxygen atoms in total. The first-order valence-corrected chi connectivity index (χ1v) is 3.60. The van der Waals surface area contributed by atoms with Gasteiger partial charge in [-0.15, -0.1) is 0 Å². The van der Waals surface area contributed by atoms with Crippen LogP contribution in [0.2, 0.25) is 0 Å². The Labute approximate surface area is 61.4 Å². The molecule has 54 valence electrons. The minimum atomic E-state index is 0.933. The maximum absolute atomic E-state index is 10.5. The van der Waals surface area contributed by atoms with E-state index in [0.29, 0.717) is 0 Å². The van der Waals surface area contributed by atoms with Crippen molar-refractivity contribution >= 4 is 6.29 Å². The second-order valence-electron chi connectivity index (χ2n) is 2.63. The lowest BCUT2D eigenvalue weighted by Crippen LogP contribution is -1.84. The summed E-state index contributed by atoms with van der Waals surface area (Å²) in [6, 6.07) is 0. The summed E-state index contributed by atoms with van der Waals surface area (Å²) in [5.41, 5.74) is 3.39. The summed E-state index contributed by atoms with van der Waals surface area (Å²) in [7, 11) is 0. The van der Waals surface area contributed by atoms with Crippen molar-refractivity contribution in [1.82, 2.24) is 0 Å². The van der Waals surface area contributed by atoms with E-state index in [1.807, 2.05) is 19.9 Å². The van der Waals surface area contributed by atoms with E-state index in [1.165, 1.54) is 11.1 Å². The molecule has 0 aromatic heterocycles. The van der Waals surface area contributed by atoms with E-state index >= 15 is 0 Å². The van der Waals surface area contributed by atoms with E-state index in [-0.39, 0.29) is 0 Å². The third-order valence-electron chi connectivity index (χ3n) is 2.04. The van der Waals surface area contributed by atoms with E-state index in [2.05, 4.69) is 0 Å². The van der Waals surface area contributed by atoms with Crippen LogP contribution < -0.4 is 0 Å². The van der Waals surface area contributed by atoms with Gasteiger partial charge in [-0.05, 0) is 32.3 Å². The average Bonchev–Trinajstić information content (AvgIpc) is 2.30. The summed E-state index contributed by atoms with van der Waals surface area (Å²) in [6.45, 7) is 4.01. The Kier molecular flexibility index (Phi) is 2.05. The second kappa shape index (κ2) is 2.82. The van der Waals surface area contributed by atoms with Crippen molar-refractivity contribution in [3.63, 3.8) is 0 Å². The van der Waals surface area contributed by atoms with Gasteiger partial charge in [0, 0.05) is 5.57 Å². The first-order chi connectivity index (χ1) is 4.79. The summed E-state index contributed by atoms with van der Waals surface area (Å²) in [6.07, 6.45) is 5.11.